The fraction of sp³-hybridized carbons (Fsp3) is 0.643. The number of rotatable bonds is 6. The molecule has 0 radical (unpaired) electrons. The molecule has 3 heterocycles. The lowest BCUT2D eigenvalue weighted by Gasteiger charge is -2.31. The van der Waals surface area contributed by atoms with E-state index in [0.29, 0.717) is 18.2 Å². The van der Waals surface area contributed by atoms with E-state index in [2.05, 4.69) is 30.2 Å². The molecule has 0 unspecified atom stereocenters. The van der Waals surface area contributed by atoms with E-state index in [1.54, 1.807) is 6.33 Å². The first kappa shape index (κ1) is 14.2. The molecule has 0 amide bonds. The molecule has 3 rings (SSSR count). The molecular formula is C14H22N6O. The summed E-state index contributed by atoms with van der Waals surface area (Å²) in [5, 5.41) is 12.6. The van der Waals surface area contributed by atoms with Crippen LogP contribution in [0.15, 0.2) is 12.7 Å². The van der Waals surface area contributed by atoms with Crippen LogP contribution in [0.1, 0.15) is 19.3 Å². The summed E-state index contributed by atoms with van der Waals surface area (Å²) in [6.07, 6.45) is 6.57. The van der Waals surface area contributed by atoms with Crippen LogP contribution in [0.2, 0.25) is 0 Å². The SMILES string of the molecule is OC[C@H]1CCCN(CCCNc2ncnc3nc[nH]c23)C1. The number of fused-ring (bicyclic) bond motifs is 1. The Morgan fingerprint density at radius 3 is 3.24 bits per heavy atom. The minimum absolute atomic E-state index is 0.313. The van der Waals surface area contributed by atoms with E-state index < -0.39 is 0 Å². The molecule has 0 bridgehead atoms. The number of anilines is 1. The number of aliphatic hydroxyl groups is 1. The first-order valence-corrected chi connectivity index (χ1v) is 7.58. The molecule has 1 aliphatic rings. The minimum Gasteiger partial charge on any atom is -0.396 e. The lowest BCUT2D eigenvalue weighted by molar-refractivity contribution is 0.120. The topological polar surface area (TPSA) is 90.0 Å². The largest absolute Gasteiger partial charge is 0.396 e. The lowest BCUT2D eigenvalue weighted by Crippen LogP contribution is -2.37. The molecule has 1 fully saturated rings. The monoisotopic (exact) mass is 290 g/mol. The molecule has 114 valence electrons. The van der Waals surface area contributed by atoms with Gasteiger partial charge >= 0.3 is 0 Å². The molecule has 0 saturated carbocycles. The third-order valence-corrected chi connectivity index (χ3v) is 4.03. The normalized spacial score (nSPS) is 20.0. The van der Waals surface area contributed by atoms with E-state index in [9.17, 15) is 5.11 Å². The molecule has 1 atom stereocenters. The Bertz CT molecular complexity index is 571. The van der Waals surface area contributed by atoms with Gasteiger partial charge in [0.05, 0.1) is 6.33 Å². The number of hydrogen-bond donors (Lipinski definition) is 3. The van der Waals surface area contributed by atoms with E-state index in [0.717, 1.165) is 50.4 Å². The van der Waals surface area contributed by atoms with Gasteiger partial charge in [-0.1, -0.05) is 0 Å². The molecule has 0 aliphatic carbocycles. The maximum atomic E-state index is 9.25. The highest BCUT2D eigenvalue weighted by atomic mass is 16.3. The van der Waals surface area contributed by atoms with Crippen LogP contribution >= 0.6 is 0 Å². The molecule has 2 aromatic rings. The summed E-state index contributed by atoms with van der Waals surface area (Å²) < 4.78 is 0. The maximum absolute atomic E-state index is 9.25. The summed E-state index contributed by atoms with van der Waals surface area (Å²) in [6.45, 7) is 4.41. The molecule has 1 saturated heterocycles. The van der Waals surface area contributed by atoms with Crippen LogP contribution in [0.5, 0.6) is 0 Å². The molecule has 7 heteroatoms. The van der Waals surface area contributed by atoms with E-state index in [1.165, 1.54) is 12.7 Å². The van der Waals surface area contributed by atoms with Gasteiger partial charge in [-0.15, -0.1) is 0 Å². The van der Waals surface area contributed by atoms with Gasteiger partial charge in [-0.3, -0.25) is 0 Å². The molecule has 21 heavy (non-hydrogen) atoms. The van der Waals surface area contributed by atoms with Gasteiger partial charge in [0.15, 0.2) is 11.5 Å². The number of aromatic amines is 1. The zero-order chi connectivity index (χ0) is 14.5. The second-order valence-corrected chi connectivity index (χ2v) is 5.60. The van der Waals surface area contributed by atoms with Crippen LogP contribution in [0.3, 0.4) is 0 Å². The maximum Gasteiger partial charge on any atom is 0.182 e. The second-order valence-electron chi connectivity index (χ2n) is 5.60. The molecular weight excluding hydrogens is 268 g/mol. The van der Waals surface area contributed by atoms with Crippen LogP contribution in [0, 0.1) is 5.92 Å². The van der Waals surface area contributed by atoms with E-state index in [1.807, 2.05) is 0 Å². The summed E-state index contributed by atoms with van der Waals surface area (Å²) in [6, 6.07) is 0. The smallest absolute Gasteiger partial charge is 0.182 e. The van der Waals surface area contributed by atoms with Gasteiger partial charge in [0.2, 0.25) is 0 Å². The zero-order valence-electron chi connectivity index (χ0n) is 12.1. The van der Waals surface area contributed by atoms with Crippen molar-refractivity contribution in [3.05, 3.63) is 12.7 Å². The van der Waals surface area contributed by atoms with Crippen molar-refractivity contribution >= 4 is 17.0 Å². The Kier molecular flexibility index (Phi) is 4.62. The van der Waals surface area contributed by atoms with Crippen molar-refractivity contribution in [1.82, 2.24) is 24.8 Å². The number of aliphatic hydroxyl groups excluding tert-OH is 1. The average molecular weight is 290 g/mol. The van der Waals surface area contributed by atoms with Crippen LogP contribution in [-0.2, 0) is 0 Å². The van der Waals surface area contributed by atoms with Crippen molar-refractivity contribution in [2.45, 2.75) is 19.3 Å². The first-order chi connectivity index (χ1) is 10.4. The number of nitrogens with one attached hydrogen (secondary N) is 2. The summed E-state index contributed by atoms with van der Waals surface area (Å²) in [5.74, 6) is 1.27. The van der Waals surface area contributed by atoms with Gasteiger partial charge in [0.1, 0.15) is 11.8 Å². The summed E-state index contributed by atoms with van der Waals surface area (Å²) >= 11 is 0. The van der Waals surface area contributed by atoms with Gasteiger partial charge in [0, 0.05) is 19.7 Å². The van der Waals surface area contributed by atoms with E-state index in [4.69, 9.17) is 0 Å². The summed E-state index contributed by atoms with van der Waals surface area (Å²) in [4.78, 5) is 18.0. The van der Waals surface area contributed by atoms with Crippen LogP contribution in [0.4, 0.5) is 5.82 Å². The van der Waals surface area contributed by atoms with Gasteiger partial charge in [-0.25, -0.2) is 15.0 Å². The van der Waals surface area contributed by atoms with Crippen molar-refractivity contribution < 1.29 is 5.11 Å². The van der Waals surface area contributed by atoms with Gasteiger partial charge in [-0.05, 0) is 38.3 Å². The molecule has 0 spiro atoms. The molecule has 7 nitrogen and oxygen atoms in total. The third-order valence-electron chi connectivity index (χ3n) is 4.03. The summed E-state index contributed by atoms with van der Waals surface area (Å²) in [7, 11) is 0. The highest BCUT2D eigenvalue weighted by Crippen LogP contribution is 2.16. The van der Waals surface area contributed by atoms with Gasteiger partial charge in [0.25, 0.3) is 0 Å². The van der Waals surface area contributed by atoms with E-state index >= 15 is 0 Å². The number of nitrogens with zero attached hydrogens (tertiary/aromatic N) is 4. The van der Waals surface area contributed by atoms with Crippen LogP contribution < -0.4 is 5.32 Å². The number of aromatic nitrogens is 4. The number of H-pyrrole nitrogens is 1. The Labute approximate surface area is 123 Å². The highest BCUT2D eigenvalue weighted by molar-refractivity contribution is 5.81. The minimum atomic E-state index is 0.313. The number of piperidine rings is 1. The van der Waals surface area contributed by atoms with E-state index in [-0.39, 0.29) is 0 Å². The second kappa shape index (κ2) is 6.82. The van der Waals surface area contributed by atoms with Crippen LogP contribution in [0.25, 0.3) is 11.2 Å². The highest BCUT2D eigenvalue weighted by Gasteiger charge is 2.18. The Morgan fingerprint density at radius 2 is 2.33 bits per heavy atom. The van der Waals surface area contributed by atoms with Crippen molar-refractivity contribution in [3.8, 4) is 0 Å². The fourth-order valence-electron chi connectivity index (χ4n) is 2.91. The summed E-state index contributed by atoms with van der Waals surface area (Å²) in [5.41, 5.74) is 1.55. The third kappa shape index (κ3) is 3.48. The lowest BCUT2D eigenvalue weighted by atomic mass is 9.99. The standard InChI is InChI=1S/C14H22N6O/c21-8-11-3-1-5-20(7-11)6-2-4-15-13-12-14(17-9-16-12)19-10-18-13/h9-11,21H,1-8H2,(H2,15,16,17,18,19)/t11-/m0/s1. The quantitative estimate of drug-likeness (QED) is 0.684. The number of imidazole rings is 1. The first-order valence-electron chi connectivity index (χ1n) is 7.58. The molecule has 1 aliphatic heterocycles. The van der Waals surface area contributed by atoms with Gasteiger partial charge < -0.3 is 20.3 Å². The molecule has 0 aromatic carbocycles. The Morgan fingerprint density at radius 1 is 1.38 bits per heavy atom. The molecule has 2 aromatic heterocycles. The fourth-order valence-corrected chi connectivity index (χ4v) is 2.91. The van der Waals surface area contributed by atoms with Crippen molar-refractivity contribution in [2.75, 3.05) is 38.1 Å². The molecule has 3 N–H and O–H groups in total. The van der Waals surface area contributed by atoms with Crippen LogP contribution in [-0.4, -0.2) is 62.7 Å². The number of hydrogen-bond acceptors (Lipinski definition) is 6. The average Bonchev–Trinajstić information content (AvgIpc) is 3.01. The number of likely N-dealkylation sites (tertiary alicyclic amines) is 1. The van der Waals surface area contributed by atoms with Crippen molar-refractivity contribution in [3.63, 3.8) is 0 Å². The Balaban J connectivity index is 1.45. The predicted molar refractivity (Wildman–Crippen MR) is 81.0 cm³/mol. The van der Waals surface area contributed by atoms with Gasteiger partial charge in [-0.2, -0.15) is 0 Å². The predicted octanol–water partition coefficient (Wildman–Crippen LogP) is 0.859. The van der Waals surface area contributed by atoms with Crippen molar-refractivity contribution in [2.24, 2.45) is 5.92 Å². The Hall–Kier alpha value is -1.73. The van der Waals surface area contributed by atoms with Crippen molar-refractivity contribution in [1.29, 1.82) is 0 Å². The zero-order valence-corrected chi connectivity index (χ0v) is 12.1.